The second kappa shape index (κ2) is 7.94. The molecule has 0 fully saturated rings. The Labute approximate surface area is 145 Å². The van der Waals surface area contributed by atoms with Crippen LogP contribution in [0.4, 0.5) is 14.5 Å². The summed E-state index contributed by atoms with van der Waals surface area (Å²) in [7, 11) is 0. The van der Waals surface area contributed by atoms with Crippen LogP contribution in [0.3, 0.4) is 0 Å². The monoisotopic (exact) mass is 378 g/mol. The van der Waals surface area contributed by atoms with Crippen molar-refractivity contribution in [2.75, 3.05) is 5.32 Å². The van der Waals surface area contributed by atoms with Crippen molar-refractivity contribution in [2.24, 2.45) is 0 Å². The number of aromatic nitrogens is 1. The molecule has 1 atom stereocenters. The van der Waals surface area contributed by atoms with E-state index < -0.39 is 6.61 Å². The minimum absolute atomic E-state index is 0.000968. The molecule has 0 saturated carbocycles. The SMILES string of the molecule is Cc1csc(SC(C)C(=O)Nc2ccc(OC(F)F)c(Cl)c2)n1. The first-order chi connectivity index (χ1) is 10.8. The van der Waals surface area contributed by atoms with Gasteiger partial charge in [0.25, 0.3) is 0 Å². The Morgan fingerprint density at radius 3 is 2.78 bits per heavy atom. The van der Waals surface area contributed by atoms with Gasteiger partial charge in [-0.2, -0.15) is 8.78 Å². The van der Waals surface area contributed by atoms with Crippen LogP contribution in [0, 0.1) is 6.92 Å². The molecule has 2 aromatic rings. The Morgan fingerprint density at radius 1 is 1.48 bits per heavy atom. The van der Waals surface area contributed by atoms with Gasteiger partial charge in [-0.05, 0) is 32.0 Å². The Kier molecular flexibility index (Phi) is 6.20. The van der Waals surface area contributed by atoms with Gasteiger partial charge in [0.15, 0.2) is 4.34 Å². The van der Waals surface area contributed by atoms with Crippen LogP contribution in [-0.4, -0.2) is 22.8 Å². The molecule has 0 aliphatic carbocycles. The van der Waals surface area contributed by atoms with Crippen LogP contribution in [0.1, 0.15) is 12.6 Å². The summed E-state index contributed by atoms with van der Waals surface area (Å²) < 4.78 is 29.4. The fourth-order valence-corrected chi connectivity index (χ4v) is 3.82. The van der Waals surface area contributed by atoms with Crippen LogP contribution >= 0.6 is 34.7 Å². The van der Waals surface area contributed by atoms with Gasteiger partial charge in [0.1, 0.15) is 5.75 Å². The minimum atomic E-state index is -2.95. The van der Waals surface area contributed by atoms with E-state index in [2.05, 4.69) is 15.0 Å². The van der Waals surface area contributed by atoms with E-state index in [1.807, 2.05) is 12.3 Å². The number of nitrogens with one attached hydrogen (secondary N) is 1. The Morgan fingerprint density at radius 2 is 2.22 bits per heavy atom. The molecule has 1 aromatic heterocycles. The van der Waals surface area contributed by atoms with E-state index in [0.29, 0.717) is 5.69 Å². The molecule has 1 aromatic carbocycles. The van der Waals surface area contributed by atoms with Crippen LogP contribution in [0.25, 0.3) is 0 Å². The second-order valence-corrected chi connectivity index (χ2v) is 7.38. The Balaban J connectivity index is 1.97. The maximum Gasteiger partial charge on any atom is 0.387 e. The lowest BCUT2D eigenvalue weighted by Crippen LogP contribution is -2.22. The summed E-state index contributed by atoms with van der Waals surface area (Å²) in [5, 5.41) is 4.23. The molecule has 0 saturated heterocycles. The summed E-state index contributed by atoms with van der Waals surface area (Å²) in [6.45, 7) is 0.689. The summed E-state index contributed by atoms with van der Waals surface area (Å²) in [6.07, 6.45) is 0. The standard InChI is InChI=1S/C14H13ClF2N2O2S2/c1-7-6-22-14(18-7)23-8(2)12(20)19-9-3-4-11(10(15)5-9)21-13(16)17/h3-6,8,13H,1-2H3,(H,19,20). The van der Waals surface area contributed by atoms with Gasteiger partial charge in [-0.3, -0.25) is 4.79 Å². The molecule has 1 amide bonds. The zero-order chi connectivity index (χ0) is 17.0. The molecule has 0 aliphatic heterocycles. The number of nitrogens with zero attached hydrogens (tertiary/aromatic N) is 1. The van der Waals surface area contributed by atoms with Crippen molar-refractivity contribution >= 4 is 46.3 Å². The third-order valence-corrected chi connectivity index (χ3v) is 5.15. The highest BCUT2D eigenvalue weighted by Gasteiger charge is 2.17. The molecule has 0 aliphatic rings. The van der Waals surface area contributed by atoms with Gasteiger partial charge in [0.2, 0.25) is 5.91 Å². The number of aryl methyl sites for hydroxylation is 1. The maximum absolute atomic E-state index is 12.2. The van der Waals surface area contributed by atoms with Gasteiger partial charge in [-0.25, -0.2) is 4.98 Å². The third kappa shape index (κ3) is 5.33. The summed E-state index contributed by atoms with van der Waals surface area (Å²) >= 11 is 8.67. The average molecular weight is 379 g/mol. The summed E-state index contributed by atoms with van der Waals surface area (Å²) in [6, 6.07) is 4.10. The molecule has 1 N–H and O–H groups in total. The second-order valence-electron chi connectivity index (χ2n) is 4.53. The van der Waals surface area contributed by atoms with Gasteiger partial charge in [0.05, 0.1) is 10.3 Å². The number of carbonyl (C=O) groups is 1. The van der Waals surface area contributed by atoms with E-state index in [0.717, 1.165) is 10.0 Å². The molecule has 1 heterocycles. The molecule has 23 heavy (non-hydrogen) atoms. The van der Waals surface area contributed by atoms with E-state index in [9.17, 15) is 13.6 Å². The predicted octanol–water partition coefficient (Wildman–Crippen LogP) is 4.83. The van der Waals surface area contributed by atoms with Crippen molar-refractivity contribution in [1.82, 2.24) is 4.98 Å². The Hall–Kier alpha value is -1.38. The van der Waals surface area contributed by atoms with Crippen LogP contribution in [0.2, 0.25) is 5.02 Å². The molecule has 124 valence electrons. The number of carbonyl (C=O) groups excluding carboxylic acids is 1. The molecule has 1 unspecified atom stereocenters. The number of anilines is 1. The number of ether oxygens (including phenoxy) is 1. The normalized spacial score (nSPS) is 12.3. The number of hydrogen-bond donors (Lipinski definition) is 1. The molecule has 4 nitrogen and oxygen atoms in total. The fourth-order valence-electron chi connectivity index (χ4n) is 1.61. The van der Waals surface area contributed by atoms with Crippen molar-refractivity contribution < 1.29 is 18.3 Å². The lowest BCUT2D eigenvalue weighted by Gasteiger charge is -2.12. The largest absolute Gasteiger partial charge is 0.433 e. The molecular formula is C14H13ClF2N2O2S2. The highest BCUT2D eigenvalue weighted by Crippen LogP contribution is 2.30. The van der Waals surface area contributed by atoms with Crippen molar-refractivity contribution in [3.05, 3.63) is 34.3 Å². The molecule has 0 bridgehead atoms. The van der Waals surface area contributed by atoms with Crippen LogP contribution < -0.4 is 10.1 Å². The smallest absolute Gasteiger partial charge is 0.387 e. The molecule has 0 spiro atoms. The van der Waals surface area contributed by atoms with Crippen LogP contribution in [0.15, 0.2) is 27.9 Å². The molecular weight excluding hydrogens is 366 g/mol. The maximum atomic E-state index is 12.2. The summed E-state index contributed by atoms with van der Waals surface area (Å²) in [4.78, 5) is 16.4. The van der Waals surface area contributed by atoms with Crippen molar-refractivity contribution in [3.8, 4) is 5.75 Å². The lowest BCUT2D eigenvalue weighted by atomic mass is 10.3. The van der Waals surface area contributed by atoms with E-state index in [1.165, 1.54) is 41.3 Å². The van der Waals surface area contributed by atoms with E-state index in [1.54, 1.807) is 6.92 Å². The Bertz CT molecular complexity index is 697. The van der Waals surface area contributed by atoms with Gasteiger partial charge >= 0.3 is 6.61 Å². The number of hydrogen-bond acceptors (Lipinski definition) is 5. The number of benzene rings is 1. The lowest BCUT2D eigenvalue weighted by molar-refractivity contribution is -0.115. The third-order valence-electron chi connectivity index (χ3n) is 2.66. The first-order valence-corrected chi connectivity index (χ1v) is 8.63. The van der Waals surface area contributed by atoms with E-state index in [4.69, 9.17) is 11.6 Å². The average Bonchev–Trinajstić information content (AvgIpc) is 2.86. The number of thiazole rings is 1. The molecule has 9 heteroatoms. The number of halogens is 3. The quantitative estimate of drug-likeness (QED) is 0.732. The van der Waals surface area contributed by atoms with E-state index >= 15 is 0 Å². The minimum Gasteiger partial charge on any atom is -0.433 e. The van der Waals surface area contributed by atoms with Crippen molar-refractivity contribution in [2.45, 2.75) is 30.0 Å². The van der Waals surface area contributed by atoms with Crippen LogP contribution in [0.5, 0.6) is 5.75 Å². The topological polar surface area (TPSA) is 51.2 Å². The highest BCUT2D eigenvalue weighted by atomic mass is 35.5. The number of amides is 1. The fraction of sp³-hybridized carbons (Fsp3) is 0.286. The highest BCUT2D eigenvalue weighted by molar-refractivity contribution is 8.02. The zero-order valence-electron chi connectivity index (χ0n) is 12.2. The van der Waals surface area contributed by atoms with E-state index in [-0.39, 0.29) is 21.9 Å². The summed E-state index contributed by atoms with van der Waals surface area (Å²) in [5.74, 6) is -0.373. The van der Waals surface area contributed by atoms with Gasteiger partial charge in [-0.1, -0.05) is 23.4 Å². The van der Waals surface area contributed by atoms with Crippen molar-refractivity contribution in [3.63, 3.8) is 0 Å². The predicted molar refractivity (Wildman–Crippen MR) is 88.9 cm³/mol. The van der Waals surface area contributed by atoms with Gasteiger partial charge in [0, 0.05) is 16.8 Å². The summed E-state index contributed by atoms with van der Waals surface area (Å²) in [5.41, 5.74) is 1.32. The number of thioether (sulfide) groups is 1. The first-order valence-electron chi connectivity index (χ1n) is 6.49. The van der Waals surface area contributed by atoms with Crippen LogP contribution in [-0.2, 0) is 4.79 Å². The van der Waals surface area contributed by atoms with Gasteiger partial charge in [-0.15, -0.1) is 11.3 Å². The molecule has 0 radical (unpaired) electrons. The van der Waals surface area contributed by atoms with Gasteiger partial charge < -0.3 is 10.1 Å². The zero-order valence-corrected chi connectivity index (χ0v) is 14.6. The first kappa shape index (κ1) is 18.0. The number of rotatable bonds is 6. The number of alkyl halides is 2. The van der Waals surface area contributed by atoms with Crippen molar-refractivity contribution in [1.29, 1.82) is 0 Å². The molecule has 2 rings (SSSR count).